The van der Waals surface area contributed by atoms with Crippen LogP contribution in [0.2, 0.25) is 0 Å². The average Bonchev–Trinajstić information content (AvgIpc) is 2.35. The van der Waals surface area contributed by atoms with Crippen molar-refractivity contribution in [1.29, 1.82) is 0 Å². The summed E-state index contributed by atoms with van der Waals surface area (Å²) in [5, 5.41) is 3.69. The minimum atomic E-state index is -0.341. The summed E-state index contributed by atoms with van der Waals surface area (Å²) in [4.78, 5) is 13.8. The number of hydrogen-bond acceptors (Lipinski definition) is 3. The van der Waals surface area contributed by atoms with E-state index in [9.17, 15) is 4.79 Å². The molecule has 1 aromatic rings. The fraction of sp³-hybridized carbons (Fsp3) is 0.364. The van der Waals surface area contributed by atoms with Gasteiger partial charge in [0.1, 0.15) is 0 Å². The molecule has 0 radical (unpaired) electrons. The van der Waals surface area contributed by atoms with E-state index in [1.54, 1.807) is 0 Å². The number of carbonyl (C=O) groups excluding carboxylic acids is 1. The number of esters is 1. The Labute approximate surface area is 108 Å². The van der Waals surface area contributed by atoms with Gasteiger partial charge in [0.25, 0.3) is 0 Å². The number of methoxy groups -OCH3 is 1. The Balaban J connectivity index is 2.75. The van der Waals surface area contributed by atoms with Crippen molar-refractivity contribution in [3.8, 4) is 0 Å². The fourth-order valence-corrected chi connectivity index (χ4v) is 1.66. The molecule has 0 saturated carbocycles. The average molecular weight is 298 g/mol. The van der Waals surface area contributed by atoms with Crippen LogP contribution in [0.3, 0.4) is 0 Å². The Hall–Kier alpha value is -1.52. The Morgan fingerprint density at radius 2 is 2.18 bits per heavy atom. The molecule has 0 N–H and O–H groups in total. The van der Waals surface area contributed by atoms with E-state index in [1.165, 1.54) is 7.11 Å². The lowest BCUT2D eigenvalue weighted by molar-refractivity contribution is -0.140. The Morgan fingerprint density at radius 3 is 2.71 bits per heavy atom. The van der Waals surface area contributed by atoms with Crippen molar-refractivity contribution in [2.45, 2.75) is 18.9 Å². The van der Waals surface area contributed by atoms with Crippen LogP contribution in [-0.4, -0.2) is 13.1 Å². The van der Waals surface area contributed by atoms with Crippen LogP contribution >= 0.6 is 15.9 Å². The second kappa shape index (κ2) is 6.93. The largest absolute Gasteiger partial charge is 0.469 e. The van der Waals surface area contributed by atoms with Crippen LogP contribution in [0, 0.1) is 0 Å². The minimum absolute atomic E-state index is 0.232. The number of azide groups is 1. The molecule has 1 atom stereocenters. The standard InChI is InChI=1S/C11H12BrN3O2/c1-17-11(16)7-6-10(14-15-13)8-2-4-9(12)5-3-8/h2-5,10H,6-7H2,1H3. The van der Waals surface area contributed by atoms with Gasteiger partial charge in [-0.2, -0.15) is 0 Å². The highest BCUT2D eigenvalue weighted by molar-refractivity contribution is 9.10. The SMILES string of the molecule is COC(=O)CCC(N=[N+]=[N-])c1ccc(Br)cc1. The van der Waals surface area contributed by atoms with Crippen molar-refractivity contribution in [3.05, 3.63) is 44.7 Å². The lowest BCUT2D eigenvalue weighted by Crippen LogP contribution is -2.03. The number of carbonyl (C=O) groups is 1. The van der Waals surface area contributed by atoms with Gasteiger partial charge in [0.05, 0.1) is 13.2 Å². The number of halogens is 1. The number of benzene rings is 1. The third kappa shape index (κ3) is 4.46. The van der Waals surface area contributed by atoms with Gasteiger partial charge in [0.2, 0.25) is 0 Å². The summed E-state index contributed by atoms with van der Waals surface area (Å²) in [5.74, 6) is -0.305. The zero-order valence-corrected chi connectivity index (χ0v) is 10.9. The Kier molecular flexibility index (Phi) is 5.52. The van der Waals surface area contributed by atoms with Gasteiger partial charge < -0.3 is 4.74 Å². The quantitative estimate of drug-likeness (QED) is 0.359. The molecule has 0 aliphatic heterocycles. The molecule has 0 bridgehead atoms. The first kappa shape index (κ1) is 13.5. The molecule has 0 aliphatic rings. The number of rotatable bonds is 5. The Morgan fingerprint density at radius 1 is 1.53 bits per heavy atom. The third-order valence-corrected chi connectivity index (χ3v) is 2.82. The zero-order valence-electron chi connectivity index (χ0n) is 9.34. The molecule has 0 saturated heterocycles. The van der Waals surface area contributed by atoms with Gasteiger partial charge in [-0.05, 0) is 29.6 Å². The second-order valence-corrected chi connectivity index (χ2v) is 4.30. The van der Waals surface area contributed by atoms with Gasteiger partial charge >= 0.3 is 5.97 Å². The van der Waals surface area contributed by atoms with E-state index in [0.717, 1.165) is 10.0 Å². The zero-order chi connectivity index (χ0) is 12.7. The summed E-state index contributed by atoms with van der Waals surface area (Å²) in [6, 6.07) is 7.12. The molecule has 5 nitrogen and oxygen atoms in total. The first-order valence-corrected chi connectivity index (χ1v) is 5.83. The first-order valence-electron chi connectivity index (χ1n) is 5.04. The number of ether oxygens (including phenoxy) is 1. The summed E-state index contributed by atoms with van der Waals surface area (Å²) in [5.41, 5.74) is 9.39. The van der Waals surface area contributed by atoms with E-state index in [-0.39, 0.29) is 18.4 Å². The minimum Gasteiger partial charge on any atom is -0.469 e. The molecule has 1 unspecified atom stereocenters. The van der Waals surface area contributed by atoms with Crippen molar-refractivity contribution in [2.24, 2.45) is 5.11 Å². The highest BCUT2D eigenvalue weighted by Crippen LogP contribution is 2.24. The maximum absolute atomic E-state index is 11.0. The van der Waals surface area contributed by atoms with Gasteiger partial charge in [-0.1, -0.05) is 33.2 Å². The highest BCUT2D eigenvalue weighted by atomic mass is 79.9. The van der Waals surface area contributed by atoms with Gasteiger partial charge in [-0.3, -0.25) is 4.79 Å². The number of hydrogen-bond donors (Lipinski definition) is 0. The van der Waals surface area contributed by atoms with E-state index in [2.05, 4.69) is 30.7 Å². The third-order valence-electron chi connectivity index (χ3n) is 2.30. The molecule has 0 fully saturated rings. The van der Waals surface area contributed by atoms with E-state index >= 15 is 0 Å². The summed E-state index contributed by atoms with van der Waals surface area (Å²) in [7, 11) is 1.34. The molecule has 0 aliphatic carbocycles. The molecule has 0 spiro atoms. The molecule has 17 heavy (non-hydrogen) atoms. The van der Waals surface area contributed by atoms with Crippen LogP contribution in [0.5, 0.6) is 0 Å². The second-order valence-electron chi connectivity index (χ2n) is 3.39. The first-order chi connectivity index (χ1) is 8.17. The predicted octanol–water partition coefficient (Wildman–Crippen LogP) is 3.75. The van der Waals surface area contributed by atoms with Crippen LogP contribution in [0.1, 0.15) is 24.4 Å². The van der Waals surface area contributed by atoms with Crippen LogP contribution in [0.15, 0.2) is 33.9 Å². The fourth-order valence-electron chi connectivity index (χ4n) is 1.39. The van der Waals surface area contributed by atoms with Crippen molar-refractivity contribution >= 4 is 21.9 Å². The summed E-state index contributed by atoms with van der Waals surface area (Å²) in [6.07, 6.45) is 0.675. The lowest BCUT2D eigenvalue weighted by Gasteiger charge is -2.10. The van der Waals surface area contributed by atoms with Gasteiger partial charge in [-0.25, -0.2) is 0 Å². The Bertz CT molecular complexity index is 427. The molecular formula is C11H12BrN3O2. The molecule has 0 amide bonds. The summed E-state index contributed by atoms with van der Waals surface area (Å²) >= 11 is 3.33. The van der Waals surface area contributed by atoms with Gasteiger partial charge in [-0.15, -0.1) is 0 Å². The molecule has 0 heterocycles. The van der Waals surface area contributed by atoms with Crippen molar-refractivity contribution in [2.75, 3.05) is 7.11 Å². The van der Waals surface area contributed by atoms with E-state index < -0.39 is 0 Å². The summed E-state index contributed by atoms with van der Waals surface area (Å²) in [6.45, 7) is 0. The van der Waals surface area contributed by atoms with Crippen LogP contribution in [-0.2, 0) is 9.53 Å². The monoisotopic (exact) mass is 297 g/mol. The maximum atomic E-state index is 11.0. The van der Waals surface area contributed by atoms with Crippen molar-refractivity contribution < 1.29 is 9.53 Å². The van der Waals surface area contributed by atoms with E-state index in [1.807, 2.05) is 24.3 Å². The molecule has 6 heteroatoms. The summed E-state index contributed by atoms with van der Waals surface area (Å²) < 4.78 is 5.51. The van der Waals surface area contributed by atoms with Gasteiger partial charge in [0.15, 0.2) is 0 Å². The highest BCUT2D eigenvalue weighted by Gasteiger charge is 2.12. The van der Waals surface area contributed by atoms with Crippen LogP contribution in [0.25, 0.3) is 10.4 Å². The molecule has 0 aromatic heterocycles. The molecule has 1 rings (SSSR count). The van der Waals surface area contributed by atoms with E-state index in [0.29, 0.717) is 6.42 Å². The number of nitrogens with zero attached hydrogens (tertiary/aromatic N) is 3. The van der Waals surface area contributed by atoms with Crippen LogP contribution < -0.4 is 0 Å². The smallest absolute Gasteiger partial charge is 0.305 e. The van der Waals surface area contributed by atoms with Crippen molar-refractivity contribution in [1.82, 2.24) is 0 Å². The molecular weight excluding hydrogens is 286 g/mol. The van der Waals surface area contributed by atoms with Crippen LogP contribution in [0.4, 0.5) is 0 Å². The molecule has 90 valence electrons. The molecule has 1 aromatic carbocycles. The van der Waals surface area contributed by atoms with E-state index in [4.69, 9.17) is 5.53 Å². The lowest BCUT2D eigenvalue weighted by atomic mass is 10.0. The normalized spacial score (nSPS) is 11.4. The van der Waals surface area contributed by atoms with Crippen molar-refractivity contribution in [3.63, 3.8) is 0 Å². The topological polar surface area (TPSA) is 75.1 Å². The maximum Gasteiger partial charge on any atom is 0.305 e. The van der Waals surface area contributed by atoms with Gasteiger partial charge in [0, 0.05) is 15.8 Å². The predicted molar refractivity (Wildman–Crippen MR) is 67.3 cm³/mol.